The van der Waals surface area contributed by atoms with E-state index in [0.717, 1.165) is 4.70 Å². The van der Waals surface area contributed by atoms with Gasteiger partial charge >= 0.3 is 0 Å². The molecule has 5 aromatic rings. The number of para-hydroxylation sites is 1. The molecule has 0 spiro atoms. The molecule has 1 aliphatic rings. The van der Waals surface area contributed by atoms with E-state index in [1.807, 2.05) is 0 Å². The molecule has 0 bridgehead atoms. The van der Waals surface area contributed by atoms with Crippen LogP contribution in [0.25, 0.3) is 21.2 Å². The molecular weight excluding hydrogens is 424 g/mol. The summed E-state index contributed by atoms with van der Waals surface area (Å²) in [5, 5.41) is 1.44. The number of rotatable bonds is 2. The molecule has 1 amide bonds. The van der Waals surface area contributed by atoms with Gasteiger partial charge in [-0.1, -0.05) is 35.1 Å². The van der Waals surface area contributed by atoms with Gasteiger partial charge in [0.25, 0.3) is 5.91 Å². The summed E-state index contributed by atoms with van der Waals surface area (Å²) in [5.41, 5.74) is 1.08. The second kappa shape index (κ2) is 6.29. The van der Waals surface area contributed by atoms with Crippen LogP contribution in [0.3, 0.4) is 0 Å². The summed E-state index contributed by atoms with van der Waals surface area (Å²) in [5.74, 6) is 0.0405. The predicted molar refractivity (Wildman–Crippen MR) is 114 cm³/mol. The number of amides is 1. The predicted octanol–water partition coefficient (Wildman–Crippen LogP) is 5.40. The molecule has 0 saturated heterocycles. The van der Waals surface area contributed by atoms with Crippen molar-refractivity contribution >= 4 is 55.2 Å². The largest absolute Gasteiger partial charge is 0.467 e. The zero-order valence-electron chi connectivity index (χ0n) is 15.2. The van der Waals surface area contributed by atoms with Crippen LogP contribution >= 0.6 is 22.9 Å². The minimum Gasteiger partial charge on any atom is -0.467 e. The van der Waals surface area contributed by atoms with Crippen molar-refractivity contribution in [1.82, 2.24) is 4.98 Å². The van der Waals surface area contributed by atoms with E-state index >= 15 is 0 Å². The van der Waals surface area contributed by atoms with Crippen molar-refractivity contribution in [3.63, 3.8) is 0 Å². The normalized spacial score (nSPS) is 16.0. The van der Waals surface area contributed by atoms with E-state index in [9.17, 15) is 9.59 Å². The third-order valence-corrected chi connectivity index (χ3v) is 6.39. The van der Waals surface area contributed by atoms with Crippen LogP contribution in [0.5, 0.6) is 0 Å². The van der Waals surface area contributed by atoms with Crippen LogP contribution in [0.1, 0.15) is 27.9 Å². The van der Waals surface area contributed by atoms with Gasteiger partial charge in [0.15, 0.2) is 10.6 Å². The first-order chi connectivity index (χ1) is 14.6. The molecule has 0 radical (unpaired) electrons. The van der Waals surface area contributed by atoms with Crippen molar-refractivity contribution in [2.45, 2.75) is 6.04 Å². The highest BCUT2D eigenvalue weighted by atomic mass is 35.5. The molecular formula is C22H11ClN2O4S. The first kappa shape index (κ1) is 17.4. The number of carbonyl (C=O) groups is 1. The Hall–Kier alpha value is -3.42. The van der Waals surface area contributed by atoms with E-state index in [4.69, 9.17) is 20.4 Å². The summed E-state index contributed by atoms with van der Waals surface area (Å²) in [4.78, 5) is 32.9. The number of carbonyl (C=O) groups excluding carboxylic acids is 1. The van der Waals surface area contributed by atoms with Crippen LogP contribution in [0, 0.1) is 0 Å². The third kappa shape index (κ3) is 2.39. The maximum atomic E-state index is 13.4. The van der Waals surface area contributed by atoms with Crippen molar-refractivity contribution < 1.29 is 13.6 Å². The molecule has 1 aliphatic heterocycles. The molecule has 4 heterocycles. The van der Waals surface area contributed by atoms with E-state index in [0.29, 0.717) is 32.4 Å². The van der Waals surface area contributed by atoms with Crippen molar-refractivity contribution in [2.75, 3.05) is 4.90 Å². The molecule has 6 nitrogen and oxygen atoms in total. The van der Waals surface area contributed by atoms with E-state index < -0.39 is 11.9 Å². The number of hydrogen-bond acceptors (Lipinski definition) is 6. The Morgan fingerprint density at radius 2 is 1.93 bits per heavy atom. The van der Waals surface area contributed by atoms with Gasteiger partial charge in [-0.25, -0.2) is 4.98 Å². The van der Waals surface area contributed by atoms with Crippen LogP contribution in [0.2, 0.25) is 5.02 Å². The van der Waals surface area contributed by atoms with Crippen molar-refractivity contribution in [1.29, 1.82) is 0 Å². The van der Waals surface area contributed by atoms with Gasteiger partial charge in [-0.15, -0.1) is 0 Å². The molecule has 6 rings (SSSR count). The van der Waals surface area contributed by atoms with E-state index in [1.54, 1.807) is 54.6 Å². The molecule has 3 aromatic heterocycles. The fourth-order valence-corrected chi connectivity index (χ4v) is 5.09. The summed E-state index contributed by atoms with van der Waals surface area (Å²) in [7, 11) is 0. The van der Waals surface area contributed by atoms with Gasteiger partial charge in [0.2, 0.25) is 5.76 Å². The number of benzene rings is 2. The monoisotopic (exact) mass is 434 g/mol. The van der Waals surface area contributed by atoms with Crippen LogP contribution < -0.4 is 10.3 Å². The first-order valence-corrected chi connectivity index (χ1v) is 10.3. The Morgan fingerprint density at radius 3 is 2.77 bits per heavy atom. The summed E-state index contributed by atoms with van der Waals surface area (Å²) >= 11 is 7.43. The first-order valence-electron chi connectivity index (χ1n) is 9.10. The number of thiazole rings is 1. The number of furan rings is 1. The number of fused-ring (bicyclic) bond motifs is 3. The lowest BCUT2D eigenvalue weighted by Gasteiger charge is -2.19. The second-order valence-corrected chi connectivity index (χ2v) is 8.32. The van der Waals surface area contributed by atoms with Crippen LogP contribution in [0.4, 0.5) is 5.13 Å². The number of anilines is 1. The van der Waals surface area contributed by atoms with Crippen LogP contribution in [0.15, 0.2) is 74.5 Å². The van der Waals surface area contributed by atoms with Gasteiger partial charge in [0.1, 0.15) is 17.4 Å². The lowest BCUT2D eigenvalue weighted by molar-refractivity contribution is 0.0969. The zero-order chi connectivity index (χ0) is 20.4. The Bertz CT molecular complexity index is 1520. The number of aromatic nitrogens is 1. The van der Waals surface area contributed by atoms with Gasteiger partial charge in [0.05, 0.1) is 27.4 Å². The quantitative estimate of drug-likeness (QED) is 0.372. The highest BCUT2D eigenvalue weighted by Crippen LogP contribution is 2.43. The Labute approximate surface area is 177 Å². The Morgan fingerprint density at radius 1 is 1.07 bits per heavy atom. The summed E-state index contributed by atoms with van der Waals surface area (Å²) in [6, 6.07) is 14.9. The Kier molecular flexibility index (Phi) is 3.65. The molecule has 0 N–H and O–H groups in total. The molecule has 8 heteroatoms. The molecule has 0 aliphatic carbocycles. The fraction of sp³-hybridized carbons (Fsp3) is 0.0455. The number of nitrogens with zero attached hydrogens (tertiary/aromatic N) is 2. The van der Waals surface area contributed by atoms with E-state index in [-0.39, 0.29) is 16.8 Å². The van der Waals surface area contributed by atoms with Gasteiger partial charge in [-0.3, -0.25) is 14.5 Å². The molecule has 146 valence electrons. The SMILES string of the molecule is O=C1c2oc3ccccc3c(=O)c2[C@H](c2ccco2)N1c1nc2ccc(Cl)cc2s1. The molecule has 1 atom stereocenters. The zero-order valence-corrected chi connectivity index (χ0v) is 16.7. The highest BCUT2D eigenvalue weighted by Gasteiger charge is 2.46. The summed E-state index contributed by atoms with van der Waals surface area (Å²) in [6.07, 6.45) is 1.51. The topological polar surface area (TPSA) is 76.6 Å². The van der Waals surface area contributed by atoms with E-state index in [2.05, 4.69) is 4.98 Å². The molecule has 0 saturated carbocycles. The minimum atomic E-state index is -0.764. The average molecular weight is 435 g/mol. The Balaban J connectivity index is 1.64. The lowest BCUT2D eigenvalue weighted by atomic mass is 10.0. The molecule has 0 fully saturated rings. The van der Waals surface area contributed by atoms with Gasteiger partial charge in [-0.2, -0.15) is 0 Å². The summed E-state index contributed by atoms with van der Waals surface area (Å²) in [6.45, 7) is 0. The van der Waals surface area contributed by atoms with E-state index in [1.165, 1.54) is 22.5 Å². The second-order valence-electron chi connectivity index (χ2n) is 6.87. The standard InChI is InChI=1S/C22H11ClN2O4S/c23-11-7-8-13-16(10-11)30-22(24-13)25-18(15-6-3-9-28-15)17-19(26)12-4-1-2-5-14(12)29-20(17)21(25)27/h1-10,18H/t18-/m0/s1. The van der Waals surface area contributed by atoms with Crippen molar-refractivity contribution in [3.8, 4) is 0 Å². The summed E-state index contributed by atoms with van der Waals surface area (Å²) < 4.78 is 12.3. The highest BCUT2D eigenvalue weighted by molar-refractivity contribution is 7.22. The third-order valence-electron chi connectivity index (χ3n) is 5.14. The minimum absolute atomic E-state index is 0.0115. The molecule has 30 heavy (non-hydrogen) atoms. The van der Waals surface area contributed by atoms with Crippen LogP contribution in [-0.2, 0) is 0 Å². The lowest BCUT2D eigenvalue weighted by Crippen LogP contribution is -2.29. The van der Waals surface area contributed by atoms with Crippen molar-refractivity contribution in [3.05, 3.63) is 93.2 Å². The number of halogens is 1. The van der Waals surface area contributed by atoms with Gasteiger partial charge in [0, 0.05) is 5.02 Å². The van der Waals surface area contributed by atoms with Gasteiger partial charge in [-0.05, 0) is 42.5 Å². The smallest absolute Gasteiger partial charge is 0.297 e. The van der Waals surface area contributed by atoms with Gasteiger partial charge < -0.3 is 8.83 Å². The fourth-order valence-electron chi connectivity index (χ4n) is 3.82. The molecule has 2 aromatic carbocycles. The maximum absolute atomic E-state index is 13.4. The van der Waals surface area contributed by atoms with Crippen molar-refractivity contribution in [2.24, 2.45) is 0 Å². The average Bonchev–Trinajstić information content (AvgIpc) is 3.46. The molecule has 0 unspecified atom stereocenters. The van der Waals surface area contributed by atoms with Crippen LogP contribution in [-0.4, -0.2) is 10.9 Å². The maximum Gasteiger partial charge on any atom is 0.297 e. The number of hydrogen-bond donors (Lipinski definition) is 0.